The summed E-state index contributed by atoms with van der Waals surface area (Å²) in [5.41, 5.74) is 0.928. The number of nitrogens with zero attached hydrogens (tertiary/aromatic N) is 1. The number of likely N-dealkylation sites (tertiary alicyclic amines) is 1. The molecule has 2 N–H and O–H groups in total. The number of nitrogens with one attached hydrogen (secondary N) is 1. The van der Waals surface area contributed by atoms with Crippen LogP contribution in [-0.4, -0.2) is 47.4 Å². The van der Waals surface area contributed by atoms with Gasteiger partial charge in [0.05, 0.1) is 5.56 Å². The molecule has 1 unspecified atom stereocenters. The van der Waals surface area contributed by atoms with E-state index in [1.54, 1.807) is 30.2 Å². The Labute approximate surface area is 128 Å². The number of hydrogen-bond donors (Lipinski definition) is 2. The molecule has 1 heterocycles. The van der Waals surface area contributed by atoms with E-state index >= 15 is 0 Å². The first kappa shape index (κ1) is 15.8. The Balaban J connectivity index is 2.04. The Morgan fingerprint density at radius 2 is 1.95 bits per heavy atom. The third-order valence-corrected chi connectivity index (χ3v) is 3.66. The van der Waals surface area contributed by atoms with E-state index in [9.17, 15) is 14.4 Å². The molecule has 2 amide bonds. The van der Waals surface area contributed by atoms with Crippen LogP contribution < -0.4 is 5.32 Å². The average molecular weight is 302 g/mol. The summed E-state index contributed by atoms with van der Waals surface area (Å²) in [5, 5.41) is 11.4. The van der Waals surface area contributed by atoms with Gasteiger partial charge in [0.25, 0.3) is 0 Å². The second-order valence-electron chi connectivity index (χ2n) is 5.06. The minimum absolute atomic E-state index is 0.148. The van der Waals surface area contributed by atoms with Crippen molar-refractivity contribution >= 4 is 23.9 Å². The van der Waals surface area contributed by atoms with Crippen molar-refractivity contribution in [1.82, 2.24) is 10.2 Å². The highest BCUT2D eigenvalue weighted by Crippen LogP contribution is 2.18. The summed E-state index contributed by atoms with van der Waals surface area (Å²) in [6.07, 6.45) is 4.52. The number of hydrogen-bond acceptors (Lipinski definition) is 3. The van der Waals surface area contributed by atoms with Crippen molar-refractivity contribution in [2.24, 2.45) is 0 Å². The second-order valence-corrected chi connectivity index (χ2v) is 5.06. The van der Waals surface area contributed by atoms with Crippen molar-refractivity contribution in [3.63, 3.8) is 0 Å². The highest BCUT2D eigenvalue weighted by Gasteiger charge is 2.32. The van der Waals surface area contributed by atoms with Crippen molar-refractivity contribution in [3.05, 3.63) is 41.5 Å². The van der Waals surface area contributed by atoms with Crippen LogP contribution in [-0.2, 0) is 9.59 Å². The summed E-state index contributed by atoms with van der Waals surface area (Å²) in [4.78, 5) is 36.2. The monoisotopic (exact) mass is 302 g/mol. The molecule has 0 aliphatic carbocycles. The Hall–Kier alpha value is -2.63. The molecule has 116 valence electrons. The Morgan fingerprint density at radius 3 is 2.55 bits per heavy atom. The SMILES string of the molecule is CNC(=O)C1CCCN1C(=O)/C=C/c1ccc(C(=O)O)cc1. The molecule has 0 saturated carbocycles. The number of carbonyl (C=O) groups is 3. The second kappa shape index (κ2) is 6.89. The van der Waals surface area contributed by atoms with Gasteiger partial charge in [-0.2, -0.15) is 0 Å². The average Bonchev–Trinajstić information content (AvgIpc) is 3.01. The number of likely N-dealkylation sites (N-methyl/N-ethyl adjacent to an activating group) is 1. The Morgan fingerprint density at radius 1 is 1.27 bits per heavy atom. The van der Waals surface area contributed by atoms with Crippen LogP contribution in [0.2, 0.25) is 0 Å². The molecule has 1 aromatic rings. The maximum absolute atomic E-state index is 12.2. The summed E-state index contributed by atoms with van der Waals surface area (Å²) < 4.78 is 0. The normalized spacial score (nSPS) is 17.7. The molecule has 6 nitrogen and oxygen atoms in total. The van der Waals surface area contributed by atoms with E-state index in [4.69, 9.17) is 5.11 Å². The van der Waals surface area contributed by atoms with Crippen molar-refractivity contribution < 1.29 is 19.5 Å². The molecule has 0 spiro atoms. The zero-order chi connectivity index (χ0) is 16.1. The Bertz CT molecular complexity index is 607. The lowest BCUT2D eigenvalue weighted by atomic mass is 10.1. The number of amides is 2. The van der Waals surface area contributed by atoms with Crippen molar-refractivity contribution in [2.45, 2.75) is 18.9 Å². The molecule has 1 fully saturated rings. The van der Waals surface area contributed by atoms with Crippen molar-refractivity contribution in [2.75, 3.05) is 13.6 Å². The van der Waals surface area contributed by atoms with E-state index in [0.717, 1.165) is 12.0 Å². The Kier molecular flexibility index (Phi) is 4.93. The van der Waals surface area contributed by atoms with Gasteiger partial charge in [-0.25, -0.2) is 4.79 Å². The number of benzene rings is 1. The predicted molar refractivity (Wildman–Crippen MR) is 81.2 cm³/mol. The van der Waals surface area contributed by atoms with E-state index in [2.05, 4.69) is 5.32 Å². The fourth-order valence-electron chi connectivity index (χ4n) is 2.47. The maximum Gasteiger partial charge on any atom is 0.335 e. The van der Waals surface area contributed by atoms with E-state index in [1.165, 1.54) is 18.2 Å². The largest absolute Gasteiger partial charge is 0.478 e. The zero-order valence-electron chi connectivity index (χ0n) is 12.3. The predicted octanol–water partition coefficient (Wildman–Crippen LogP) is 1.13. The molecule has 0 aromatic heterocycles. The fourth-order valence-corrected chi connectivity index (χ4v) is 2.47. The summed E-state index contributed by atoms with van der Waals surface area (Å²) in [6.45, 7) is 0.569. The fraction of sp³-hybridized carbons (Fsp3) is 0.312. The molecule has 6 heteroatoms. The first-order valence-electron chi connectivity index (χ1n) is 7.06. The smallest absolute Gasteiger partial charge is 0.335 e. The van der Waals surface area contributed by atoms with Crippen LogP contribution in [0.3, 0.4) is 0 Å². The third-order valence-electron chi connectivity index (χ3n) is 3.66. The quantitative estimate of drug-likeness (QED) is 0.816. The third kappa shape index (κ3) is 3.52. The molecule has 1 aromatic carbocycles. The van der Waals surface area contributed by atoms with Gasteiger partial charge in [0.15, 0.2) is 0 Å². The number of aromatic carboxylic acids is 1. The number of rotatable bonds is 4. The van der Waals surface area contributed by atoms with E-state index in [0.29, 0.717) is 13.0 Å². The van der Waals surface area contributed by atoms with Gasteiger partial charge in [-0.3, -0.25) is 9.59 Å². The van der Waals surface area contributed by atoms with Crippen LogP contribution in [0.25, 0.3) is 6.08 Å². The van der Waals surface area contributed by atoms with Crippen molar-refractivity contribution in [3.8, 4) is 0 Å². The van der Waals surface area contributed by atoms with E-state index < -0.39 is 12.0 Å². The highest BCUT2D eigenvalue weighted by atomic mass is 16.4. The minimum Gasteiger partial charge on any atom is -0.478 e. The molecule has 0 bridgehead atoms. The molecule has 1 saturated heterocycles. The van der Waals surface area contributed by atoms with Crippen LogP contribution in [0.4, 0.5) is 0 Å². The standard InChI is InChI=1S/C16H18N2O4/c1-17-15(20)13-3-2-10-18(13)14(19)9-6-11-4-7-12(8-5-11)16(21)22/h4-9,13H,2-3,10H2,1H3,(H,17,20)(H,21,22)/b9-6+. The first-order valence-corrected chi connectivity index (χ1v) is 7.06. The van der Waals surface area contributed by atoms with Gasteiger partial charge in [-0.1, -0.05) is 12.1 Å². The van der Waals surface area contributed by atoms with E-state index in [-0.39, 0.29) is 17.4 Å². The lowest BCUT2D eigenvalue weighted by Crippen LogP contribution is -2.44. The molecular weight excluding hydrogens is 284 g/mol. The van der Waals surface area contributed by atoms with Gasteiger partial charge in [0.2, 0.25) is 11.8 Å². The molecule has 0 radical (unpaired) electrons. The van der Waals surface area contributed by atoms with Gasteiger partial charge in [-0.15, -0.1) is 0 Å². The molecule has 1 aliphatic rings. The van der Waals surface area contributed by atoms with Crippen LogP contribution in [0, 0.1) is 0 Å². The molecule has 1 aliphatic heterocycles. The summed E-state index contributed by atoms with van der Waals surface area (Å²) >= 11 is 0. The van der Waals surface area contributed by atoms with Crippen LogP contribution >= 0.6 is 0 Å². The molecule has 1 atom stereocenters. The minimum atomic E-state index is -0.989. The van der Waals surface area contributed by atoms with Gasteiger partial charge in [-0.05, 0) is 36.6 Å². The number of carbonyl (C=O) groups excluding carboxylic acids is 2. The van der Waals surface area contributed by atoms with Crippen LogP contribution in [0.1, 0.15) is 28.8 Å². The summed E-state index contributed by atoms with van der Waals surface area (Å²) in [5.74, 6) is -1.35. The molecule has 2 rings (SSSR count). The van der Waals surface area contributed by atoms with Crippen LogP contribution in [0.5, 0.6) is 0 Å². The first-order chi connectivity index (χ1) is 10.5. The van der Waals surface area contributed by atoms with Gasteiger partial charge >= 0.3 is 5.97 Å². The zero-order valence-corrected chi connectivity index (χ0v) is 12.3. The van der Waals surface area contributed by atoms with Crippen molar-refractivity contribution in [1.29, 1.82) is 0 Å². The molecular formula is C16H18N2O4. The number of carboxylic acids is 1. The van der Waals surface area contributed by atoms with E-state index in [1.807, 2.05) is 0 Å². The summed E-state index contributed by atoms with van der Waals surface area (Å²) in [6, 6.07) is 5.82. The molecule has 22 heavy (non-hydrogen) atoms. The lowest BCUT2D eigenvalue weighted by molar-refractivity contribution is -0.134. The van der Waals surface area contributed by atoms with Gasteiger partial charge in [0, 0.05) is 19.7 Å². The topological polar surface area (TPSA) is 86.7 Å². The lowest BCUT2D eigenvalue weighted by Gasteiger charge is -2.21. The van der Waals surface area contributed by atoms with Crippen LogP contribution in [0.15, 0.2) is 30.3 Å². The van der Waals surface area contributed by atoms with Gasteiger partial charge in [0.1, 0.15) is 6.04 Å². The summed E-state index contributed by atoms with van der Waals surface area (Å²) in [7, 11) is 1.56. The number of carboxylic acid groups (broad SMARTS) is 1. The highest BCUT2D eigenvalue weighted by molar-refractivity contribution is 5.96. The van der Waals surface area contributed by atoms with Gasteiger partial charge < -0.3 is 15.3 Å². The maximum atomic E-state index is 12.2.